The average molecular weight is 234 g/mol. The average Bonchev–Trinajstić information content (AvgIpc) is 2.61. The molecule has 0 aromatic carbocycles. The second-order valence-corrected chi connectivity index (χ2v) is 3.94. The third kappa shape index (κ3) is 3.93. The summed E-state index contributed by atoms with van der Waals surface area (Å²) in [4.78, 5) is 11.5. The molecule has 5 nitrogen and oxygen atoms in total. The lowest BCUT2D eigenvalue weighted by Crippen LogP contribution is -2.41. The van der Waals surface area contributed by atoms with E-state index in [0.717, 1.165) is 11.3 Å². The van der Waals surface area contributed by atoms with Gasteiger partial charge in [0.25, 0.3) is 0 Å². The number of rotatable bonds is 5. The molecule has 5 heteroatoms. The highest BCUT2D eigenvalue weighted by Gasteiger charge is 2.12. The lowest BCUT2D eigenvalue weighted by molar-refractivity contribution is -0.122. The monoisotopic (exact) mass is 234 g/mol. The molecule has 0 spiro atoms. The normalized spacial score (nSPS) is 11.9. The maximum absolute atomic E-state index is 11.5. The van der Waals surface area contributed by atoms with Crippen LogP contribution in [-0.2, 0) is 18.4 Å². The van der Waals surface area contributed by atoms with Crippen LogP contribution in [0.3, 0.4) is 0 Å². The number of carbonyl (C=O) groups is 1. The summed E-state index contributed by atoms with van der Waals surface area (Å²) in [6, 6.07) is -0.275. The van der Waals surface area contributed by atoms with Crippen LogP contribution in [0.5, 0.6) is 0 Å². The molecule has 1 unspecified atom stereocenters. The molecule has 1 atom stereocenters. The summed E-state index contributed by atoms with van der Waals surface area (Å²) in [5, 5.41) is 9.99. The van der Waals surface area contributed by atoms with Gasteiger partial charge in [0.1, 0.15) is 0 Å². The Kier molecular flexibility index (Phi) is 4.73. The Morgan fingerprint density at radius 1 is 1.71 bits per heavy atom. The van der Waals surface area contributed by atoms with Crippen LogP contribution >= 0.6 is 0 Å². The van der Waals surface area contributed by atoms with E-state index < -0.39 is 0 Å². The fourth-order valence-electron chi connectivity index (χ4n) is 1.47. The maximum Gasteiger partial charge on any atom is 0.237 e. The number of nitrogens with zero attached hydrogens (tertiary/aromatic N) is 2. The van der Waals surface area contributed by atoms with E-state index in [-0.39, 0.29) is 18.5 Å². The van der Waals surface area contributed by atoms with Gasteiger partial charge in [-0.25, -0.2) is 0 Å². The van der Waals surface area contributed by atoms with Crippen molar-refractivity contribution in [3.63, 3.8) is 0 Å². The van der Waals surface area contributed by atoms with Gasteiger partial charge in [-0.1, -0.05) is 5.92 Å². The van der Waals surface area contributed by atoms with Crippen LogP contribution in [0.1, 0.15) is 18.2 Å². The van der Waals surface area contributed by atoms with Crippen LogP contribution in [0.25, 0.3) is 0 Å². The van der Waals surface area contributed by atoms with E-state index in [1.54, 1.807) is 11.6 Å². The lowest BCUT2D eigenvalue weighted by atomic mass is 10.2. The van der Waals surface area contributed by atoms with E-state index in [9.17, 15) is 4.79 Å². The Labute approximate surface area is 102 Å². The van der Waals surface area contributed by atoms with Crippen molar-refractivity contribution >= 4 is 5.91 Å². The third-order valence-corrected chi connectivity index (χ3v) is 2.47. The highest BCUT2D eigenvalue weighted by Crippen LogP contribution is 2.04. The largest absolute Gasteiger partial charge is 0.344 e. The zero-order valence-corrected chi connectivity index (χ0v) is 10.4. The molecule has 0 aliphatic rings. The molecule has 1 aromatic rings. The topological polar surface area (TPSA) is 59.0 Å². The summed E-state index contributed by atoms with van der Waals surface area (Å²) >= 11 is 0. The van der Waals surface area contributed by atoms with Crippen LogP contribution < -0.4 is 10.6 Å². The summed E-state index contributed by atoms with van der Waals surface area (Å²) in [5.41, 5.74) is 2.06. The first-order valence-corrected chi connectivity index (χ1v) is 5.48. The summed E-state index contributed by atoms with van der Waals surface area (Å²) in [6.07, 6.45) is 7.01. The van der Waals surface area contributed by atoms with Gasteiger partial charge in [-0.15, -0.1) is 6.42 Å². The van der Waals surface area contributed by atoms with Crippen molar-refractivity contribution < 1.29 is 4.79 Å². The van der Waals surface area contributed by atoms with E-state index in [1.807, 2.05) is 20.2 Å². The van der Waals surface area contributed by atoms with E-state index in [4.69, 9.17) is 6.42 Å². The van der Waals surface area contributed by atoms with E-state index in [2.05, 4.69) is 21.7 Å². The summed E-state index contributed by atoms with van der Waals surface area (Å²) in [5.74, 6) is 2.27. The number of aryl methyl sites for hydroxylation is 2. The van der Waals surface area contributed by atoms with Crippen LogP contribution in [0.15, 0.2) is 6.20 Å². The molecule has 1 aromatic heterocycles. The molecule has 1 rings (SSSR count). The predicted molar refractivity (Wildman–Crippen MR) is 66.1 cm³/mol. The number of nitrogens with one attached hydrogen (secondary N) is 2. The van der Waals surface area contributed by atoms with Gasteiger partial charge in [-0.05, 0) is 13.8 Å². The zero-order valence-electron chi connectivity index (χ0n) is 10.4. The van der Waals surface area contributed by atoms with Gasteiger partial charge in [0, 0.05) is 25.4 Å². The third-order valence-electron chi connectivity index (χ3n) is 2.47. The molecule has 92 valence electrons. The SMILES string of the molecule is C#CCNC(=O)C(C)NCc1cn(C)nc1C. The molecular weight excluding hydrogens is 216 g/mol. The molecule has 1 heterocycles. The number of hydrogen-bond donors (Lipinski definition) is 2. The first-order valence-electron chi connectivity index (χ1n) is 5.48. The smallest absolute Gasteiger partial charge is 0.237 e. The van der Waals surface area contributed by atoms with Crippen molar-refractivity contribution in [3.05, 3.63) is 17.5 Å². The summed E-state index contributed by atoms with van der Waals surface area (Å²) in [6.45, 7) is 4.62. The Balaban J connectivity index is 2.43. The molecule has 0 saturated carbocycles. The van der Waals surface area contributed by atoms with Crippen LogP contribution in [-0.4, -0.2) is 28.3 Å². The molecule has 0 aliphatic carbocycles. The minimum atomic E-state index is -0.275. The van der Waals surface area contributed by atoms with Gasteiger partial charge in [-0.2, -0.15) is 5.10 Å². The van der Waals surface area contributed by atoms with Crippen molar-refractivity contribution in [2.75, 3.05) is 6.54 Å². The number of terminal acetylenes is 1. The van der Waals surface area contributed by atoms with Crippen molar-refractivity contribution in [3.8, 4) is 12.3 Å². The maximum atomic E-state index is 11.5. The summed E-state index contributed by atoms with van der Waals surface area (Å²) < 4.78 is 1.76. The van der Waals surface area contributed by atoms with Crippen LogP contribution in [0.4, 0.5) is 0 Å². The first-order chi connectivity index (χ1) is 8.04. The minimum Gasteiger partial charge on any atom is -0.344 e. The van der Waals surface area contributed by atoms with Gasteiger partial charge < -0.3 is 10.6 Å². The number of hydrogen-bond acceptors (Lipinski definition) is 3. The zero-order chi connectivity index (χ0) is 12.8. The fourth-order valence-corrected chi connectivity index (χ4v) is 1.47. The minimum absolute atomic E-state index is 0.0931. The van der Waals surface area contributed by atoms with Crippen molar-refractivity contribution in [2.45, 2.75) is 26.4 Å². The Morgan fingerprint density at radius 2 is 2.41 bits per heavy atom. The van der Waals surface area contributed by atoms with Gasteiger partial charge >= 0.3 is 0 Å². The van der Waals surface area contributed by atoms with E-state index in [1.165, 1.54) is 0 Å². The Morgan fingerprint density at radius 3 is 2.94 bits per heavy atom. The number of amides is 1. The molecule has 17 heavy (non-hydrogen) atoms. The molecule has 0 radical (unpaired) electrons. The van der Waals surface area contributed by atoms with Crippen LogP contribution in [0, 0.1) is 19.3 Å². The van der Waals surface area contributed by atoms with Crippen molar-refractivity contribution in [2.24, 2.45) is 7.05 Å². The van der Waals surface area contributed by atoms with E-state index in [0.29, 0.717) is 6.54 Å². The fraction of sp³-hybridized carbons (Fsp3) is 0.500. The highest BCUT2D eigenvalue weighted by atomic mass is 16.2. The lowest BCUT2D eigenvalue weighted by Gasteiger charge is -2.12. The molecule has 0 aliphatic heterocycles. The predicted octanol–water partition coefficient (Wildman–Crippen LogP) is -0.0440. The highest BCUT2D eigenvalue weighted by molar-refractivity contribution is 5.81. The molecular formula is C12H18N4O. The quantitative estimate of drug-likeness (QED) is 0.703. The second kappa shape index (κ2) is 6.06. The van der Waals surface area contributed by atoms with Crippen LogP contribution in [0.2, 0.25) is 0 Å². The number of aromatic nitrogens is 2. The second-order valence-electron chi connectivity index (χ2n) is 3.94. The standard InChI is InChI=1S/C12H18N4O/c1-5-6-13-12(17)10(3)14-7-11-8-16(4)15-9(11)2/h1,8,10,14H,6-7H2,2-4H3,(H,13,17). The summed E-state index contributed by atoms with van der Waals surface area (Å²) in [7, 11) is 1.87. The Bertz CT molecular complexity index is 430. The molecule has 0 bridgehead atoms. The molecule has 2 N–H and O–H groups in total. The molecule has 0 saturated heterocycles. The first kappa shape index (κ1) is 13.3. The Hall–Kier alpha value is -1.80. The van der Waals surface area contributed by atoms with Gasteiger partial charge in [0.2, 0.25) is 5.91 Å². The van der Waals surface area contributed by atoms with Gasteiger partial charge in [0.15, 0.2) is 0 Å². The van der Waals surface area contributed by atoms with Crippen molar-refractivity contribution in [1.29, 1.82) is 0 Å². The molecule has 0 fully saturated rings. The van der Waals surface area contributed by atoms with Gasteiger partial charge in [-0.3, -0.25) is 9.48 Å². The van der Waals surface area contributed by atoms with E-state index >= 15 is 0 Å². The number of carbonyl (C=O) groups excluding carboxylic acids is 1. The molecule has 1 amide bonds. The van der Waals surface area contributed by atoms with Crippen molar-refractivity contribution in [1.82, 2.24) is 20.4 Å². The van der Waals surface area contributed by atoms with Gasteiger partial charge in [0.05, 0.1) is 18.3 Å².